The number of likely N-dealkylation sites (tertiary alicyclic amines) is 1. The minimum Gasteiger partial charge on any atom is -0.360 e. The van der Waals surface area contributed by atoms with Crippen LogP contribution in [0, 0.1) is 0 Å². The molecule has 2 heterocycles. The molecule has 2 aliphatic rings. The Hall–Kier alpha value is -1.36. The number of nitrogens with zero attached hydrogens (tertiary/aromatic N) is 2. The zero-order chi connectivity index (χ0) is 16.8. The van der Waals surface area contributed by atoms with Gasteiger partial charge in [0.1, 0.15) is 0 Å². The number of hydrogen-bond acceptors (Lipinski definition) is 4. The summed E-state index contributed by atoms with van der Waals surface area (Å²) in [5, 5.41) is 7.28. The first-order valence-corrected chi connectivity index (χ1v) is 9.66. The monoisotopic (exact) mass is 333 g/mol. The van der Waals surface area contributed by atoms with Gasteiger partial charge in [-0.2, -0.15) is 0 Å². The van der Waals surface area contributed by atoms with Crippen molar-refractivity contribution in [3.63, 3.8) is 0 Å². The smallest absolute Gasteiger partial charge is 0.216 e. The number of hydrogen-bond donors (Lipinski definition) is 1. The fraction of sp³-hybridized carbons (Fsp3) is 0.789. The van der Waals surface area contributed by atoms with E-state index in [0.29, 0.717) is 12.0 Å². The second-order valence-corrected chi connectivity index (χ2v) is 7.44. The highest BCUT2D eigenvalue weighted by Gasteiger charge is 2.25. The van der Waals surface area contributed by atoms with Crippen LogP contribution >= 0.6 is 0 Å². The van der Waals surface area contributed by atoms with Crippen molar-refractivity contribution in [2.24, 2.45) is 0 Å². The van der Waals surface area contributed by atoms with Gasteiger partial charge < -0.3 is 9.84 Å². The highest BCUT2D eigenvalue weighted by Crippen LogP contribution is 2.32. The van der Waals surface area contributed by atoms with Gasteiger partial charge in [-0.1, -0.05) is 30.8 Å². The van der Waals surface area contributed by atoms with Crippen molar-refractivity contribution in [2.45, 2.75) is 83.2 Å². The summed E-state index contributed by atoms with van der Waals surface area (Å²) in [4.78, 5) is 13.6. The van der Waals surface area contributed by atoms with Gasteiger partial charge in [-0.05, 0) is 38.6 Å². The molecule has 0 spiro atoms. The van der Waals surface area contributed by atoms with Crippen molar-refractivity contribution in [1.82, 2.24) is 15.4 Å². The zero-order valence-corrected chi connectivity index (χ0v) is 14.9. The maximum Gasteiger partial charge on any atom is 0.216 e. The Kier molecular flexibility index (Phi) is 6.30. The Bertz CT molecular complexity index is 522. The molecule has 1 unspecified atom stereocenters. The Balaban J connectivity index is 1.54. The molecule has 5 heteroatoms. The Morgan fingerprint density at radius 1 is 1.25 bits per heavy atom. The number of amides is 1. The third-order valence-electron chi connectivity index (χ3n) is 5.56. The molecule has 5 nitrogen and oxygen atoms in total. The molecule has 1 atom stereocenters. The van der Waals surface area contributed by atoms with Gasteiger partial charge in [0.2, 0.25) is 5.91 Å². The highest BCUT2D eigenvalue weighted by atomic mass is 16.5. The molecular formula is C19H31N3O2. The molecule has 0 radical (unpaired) electrons. The Morgan fingerprint density at radius 2 is 2.04 bits per heavy atom. The van der Waals surface area contributed by atoms with Gasteiger partial charge >= 0.3 is 0 Å². The first kappa shape index (κ1) is 17.5. The van der Waals surface area contributed by atoms with E-state index in [4.69, 9.17) is 4.52 Å². The van der Waals surface area contributed by atoms with Crippen molar-refractivity contribution >= 4 is 5.91 Å². The van der Waals surface area contributed by atoms with Crippen LogP contribution in [0.2, 0.25) is 0 Å². The van der Waals surface area contributed by atoms with Gasteiger partial charge in [-0.3, -0.25) is 9.69 Å². The van der Waals surface area contributed by atoms with Crippen LogP contribution in [0.3, 0.4) is 0 Å². The average molecular weight is 333 g/mol. The fourth-order valence-electron chi connectivity index (χ4n) is 4.20. The van der Waals surface area contributed by atoms with E-state index in [9.17, 15) is 4.79 Å². The van der Waals surface area contributed by atoms with E-state index in [-0.39, 0.29) is 5.91 Å². The average Bonchev–Trinajstić information content (AvgIpc) is 3.05. The molecule has 1 saturated heterocycles. The molecule has 134 valence electrons. The van der Waals surface area contributed by atoms with E-state index >= 15 is 0 Å². The van der Waals surface area contributed by atoms with E-state index in [0.717, 1.165) is 37.5 Å². The molecule has 0 aromatic carbocycles. The van der Waals surface area contributed by atoms with Crippen molar-refractivity contribution in [1.29, 1.82) is 0 Å². The molecule has 1 aromatic heterocycles. The SMILES string of the molecule is CC(=O)NCCC1CCCCN1Cc1cc(C2CCCCC2)no1. The summed E-state index contributed by atoms with van der Waals surface area (Å²) in [5.41, 5.74) is 1.16. The number of piperidine rings is 1. The first-order valence-electron chi connectivity index (χ1n) is 9.66. The standard InChI is InChI=1S/C19H31N3O2/c1-15(23)20-11-10-17-9-5-6-12-22(17)14-18-13-19(21-24-18)16-7-3-2-4-8-16/h13,16-17H,2-12,14H2,1H3,(H,20,23). The number of rotatable bonds is 6. The highest BCUT2D eigenvalue weighted by molar-refractivity contribution is 5.72. The number of aromatic nitrogens is 1. The summed E-state index contributed by atoms with van der Waals surface area (Å²) in [5.74, 6) is 1.67. The zero-order valence-electron chi connectivity index (χ0n) is 14.9. The molecule has 1 aliphatic carbocycles. The van der Waals surface area contributed by atoms with Crippen LogP contribution < -0.4 is 5.32 Å². The van der Waals surface area contributed by atoms with Crippen molar-refractivity contribution in [2.75, 3.05) is 13.1 Å². The van der Waals surface area contributed by atoms with E-state index in [2.05, 4.69) is 21.4 Å². The van der Waals surface area contributed by atoms with E-state index in [1.807, 2.05) is 0 Å². The van der Waals surface area contributed by atoms with Crippen LogP contribution in [0.1, 0.15) is 82.1 Å². The molecular weight excluding hydrogens is 302 g/mol. The summed E-state index contributed by atoms with van der Waals surface area (Å²) in [6.07, 6.45) is 11.3. The van der Waals surface area contributed by atoms with Gasteiger partial charge in [0.15, 0.2) is 5.76 Å². The second-order valence-electron chi connectivity index (χ2n) is 7.44. The molecule has 1 aliphatic heterocycles. The predicted molar refractivity (Wildman–Crippen MR) is 93.7 cm³/mol. The normalized spacial score (nSPS) is 23.3. The topological polar surface area (TPSA) is 58.4 Å². The molecule has 1 aromatic rings. The predicted octanol–water partition coefficient (Wildman–Crippen LogP) is 3.60. The third kappa shape index (κ3) is 4.82. The Morgan fingerprint density at radius 3 is 2.83 bits per heavy atom. The molecule has 1 saturated carbocycles. The van der Waals surface area contributed by atoms with E-state index in [1.165, 1.54) is 51.4 Å². The van der Waals surface area contributed by atoms with Crippen LogP contribution in [0.4, 0.5) is 0 Å². The summed E-state index contributed by atoms with van der Waals surface area (Å²) < 4.78 is 5.65. The van der Waals surface area contributed by atoms with Crippen LogP contribution in [0.25, 0.3) is 0 Å². The van der Waals surface area contributed by atoms with Crippen molar-refractivity contribution in [3.05, 3.63) is 17.5 Å². The molecule has 1 N–H and O–H groups in total. The molecule has 3 rings (SSSR count). The van der Waals surface area contributed by atoms with Gasteiger partial charge in [0, 0.05) is 31.5 Å². The maximum absolute atomic E-state index is 11.1. The minimum atomic E-state index is 0.0599. The number of carbonyl (C=O) groups excluding carboxylic acids is 1. The lowest BCUT2D eigenvalue weighted by Gasteiger charge is -2.35. The van der Waals surface area contributed by atoms with Crippen molar-refractivity contribution < 1.29 is 9.32 Å². The molecule has 24 heavy (non-hydrogen) atoms. The van der Waals surface area contributed by atoms with Crippen molar-refractivity contribution in [3.8, 4) is 0 Å². The molecule has 0 bridgehead atoms. The summed E-state index contributed by atoms with van der Waals surface area (Å²) in [6, 6.07) is 2.73. The van der Waals surface area contributed by atoms with Gasteiger partial charge in [0.25, 0.3) is 0 Å². The van der Waals surface area contributed by atoms with Crippen LogP contribution in [-0.2, 0) is 11.3 Å². The molecule has 1 amide bonds. The van der Waals surface area contributed by atoms with Gasteiger partial charge in [0.05, 0.1) is 12.2 Å². The van der Waals surface area contributed by atoms with E-state index < -0.39 is 0 Å². The summed E-state index contributed by atoms with van der Waals surface area (Å²) >= 11 is 0. The van der Waals surface area contributed by atoms with Crippen LogP contribution in [-0.4, -0.2) is 35.1 Å². The maximum atomic E-state index is 11.1. The minimum absolute atomic E-state index is 0.0599. The molecule has 2 fully saturated rings. The quantitative estimate of drug-likeness (QED) is 0.864. The van der Waals surface area contributed by atoms with Gasteiger partial charge in [-0.15, -0.1) is 0 Å². The summed E-state index contributed by atoms with van der Waals surface area (Å²) in [7, 11) is 0. The first-order chi connectivity index (χ1) is 11.7. The second kappa shape index (κ2) is 8.65. The van der Waals surface area contributed by atoms with Crippen LogP contribution in [0.5, 0.6) is 0 Å². The number of nitrogens with one attached hydrogen (secondary N) is 1. The Labute approximate surface area is 145 Å². The lowest BCUT2D eigenvalue weighted by Crippen LogP contribution is -2.40. The summed E-state index contributed by atoms with van der Waals surface area (Å²) in [6.45, 7) is 4.31. The van der Waals surface area contributed by atoms with E-state index in [1.54, 1.807) is 6.92 Å². The van der Waals surface area contributed by atoms with Gasteiger partial charge in [-0.25, -0.2) is 0 Å². The van der Waals surface area contributed by atoms with Crippen LogP contribution in [0.15, 0.2) is 10.6 Å². The lowest BCUT2D eigenvalue weighted by atomic mass is 9.87. The largest absolute Gasteiger partial charge is 0.360 e. The fourth-order valence-corrected chi connectivity index (χ4v) is 4.20. The number of carbonyl (C=O) groups is 1. The third-order valence-corrected chi connectivity index (χ3v) is 5.56. The lowest BCUT2D eigenvalue weighted by molar-refractivity contribution is -0.119.